The normalized spacial score (nSPS) is 25.3. The Morgan fingerprint density at radius 2 is 1.59 bits per heavy atom. The van der Waals surface area contributed by atoms with Crippen molar-refractivity contribution in [1.29, 1.82) is 0 Å². The summed E-state index contributed by atoms with van der Waals surface area (Å²) in [6, 6.07) is 13.7. The first-order valence-electron chi connectivity index (χ1n) is 20.3. The Hall–Kier alpha value is -2.94. The monoisotopic (exact) mass is 700 g/mol. The summed E-state index contributed by atoms with van der Waals surface area (Å²) in [6.07, 6.45) is 13.2. The number of carbonyl (C=O) groups excluding carboxylic acids is 2. The molecule has 4 fully saturated rings. The summed E-state index contributed by atoms with van der Waals surface area (Å²) < 4.78 is 11.3. The van der Waals surface area contributed by atoms with E-state index in [0.29, 0.717) is 18.2 Å². The van der Waals surface area contributed by atoms with Crippen molar-refractivity contribution in [3.8, 4) is 11.1 Å². The van der Waals surface area contributed by atoms with E-state index in [4.69, 9.17) is 9.47 Å². The number of benzene rings is 2. The lowest BCUT2D eigenvalue weighted by molar-refractivity contribution is -0.137. The number of nitrogens with one attached hydrogen (secondary N) is 2. The highest BCUT2D eigenvalue weighted by atomic mass is 16.5. The highest BCUT2D eigenvalue weighted by Gasteiger charge is 2.50. The van der Waals surface area contributed by atoms with E-state index in [-0.39, 0.29) is 35.1 Å². The highest BCUT2D eigenvalue weighted by molar-refractivity contribution is 5.99. The van der Waals surface area contributed by atoms with Gasteiger partial charge in [-0.1, -0.05) is 70.1 Å². The lowest BCUT2D eigenvalue weighted by atomic mass is 9.58. The number of morpholine rings is 1. The second-order valence-electron chi connectivity index (χ2n) is 15.9. The van der Waals surface area contributed by atoms with Gasteiger partial charge < -0.3 is 25.0 Å². The molecule has 3 aliphatic heterocycles. The van der Waals surface area contributed by atoms with Gasteiger partial charge in [-0.3, -0.25) is 14.5 Å². The molecule has 1 spiro atoms. The zero-order chi connectivity index (χ0) is 35.8. The van der Waals surface area contributed by atoms with E-state index >= 15 is 0 Å². The molecule has 8 heteroatoms. The summed E-state index contributed by atoms with van der Waals surface area (Å²) in [6.45, 7) is 15.9. The maximum absolute atomic E-state index is 14.4. The van der Waals surface area contributed by atoms with Gasteiger partial charge in [0.25, 0.3) is 5.91 Å². The lowest BCUT2D eigenvalue weighted by Gasteiger charge is -2.51. The zero-order valence-electron chi connectivity index (χ0n) is 31.9. The van der Waals surface area contributed by atoms with Crippen molar-refractivity contribution < 1.29 is 19.1 Å². The summed E-state index contributed by atoms with van der Waals surface area (Å²) in [5.74, 6) is -0.0655. The first kappa shape index (κ1) is 37.8. The van der Waals surface area contributed by atoms with Gasteiger partial charge >= 0.3 is 0 Å². The van der Waals surface area contributed by atoms with Crippen LogP contribution < -0.4 is 15.5 Å². The Labute approximate surface area is 307 Å². The van der Waals surface area contributed by atoms with Crippen molar-refractivity contribution in [3.63, 3.8) is 0 Å². The van der Waals surface area contributed by atoms with Gasteiger partial charge in [0, 0.05) is 69.3 Å². The third-order valence-corrected chi connectivity index (χ3v) is 13.0. The molecule has 3 heterocycles. The molecule has 1 saturated carbocycles. The van der Waals surface area contributed by atoms with Crippen molar-refractivity contribution in [2.75, 3.05) is 57.5 Å². The first-order valence-corrected chi connectivity index (χ1v) is 20.3. The predicted octanol–water partition coefficient (Wildman–Crippen LogP) is 7.51. The van der Waals surface area contributed by atoms with Gasteiger partial charge in [0.15, 0.2) is 0 Å². The number of hydrogen-bond acceptors (Lipinski definition) is 6. The SMILES string of the molecule is CCN(c1cc(-c2cccc(CN3CCOCC3)c2)cc(C(=O)NCC2C(=O)NC(C)C3(CCCCCCCCC3)C2C)c1C)C1CCOCC1. The summed E-state index contributed by atoms with van der Waals surface area (Å²) >= 11 is 0. The molecule has 3 unspecified atom stereocenters. The van der Waals surface area contributed by atoms with Crippen LogP contribution in [0, 0.1) is 24.2 Å². The second-order valence-corrected chi connectivity index (χ2v) is 15.9. The van der Waals surface area contributed by atoms with Crippen molar-refractivity contribution in [3.05, 3.63) is 53.1 Å². The molecule has 8 nitrogen and oxygen atoms in total. The van der Waals surface area contributed by atoms with E-state index in [1.165, 1.54) is 50.5 Å². The largest absolute Gasteiger partial charge is 0.381 e. The molecule has 0 aromatic heterocycles. The third kappa shape index (κ3) is 8.82. The number of rotatable bonds is 9. The van der Waals surface area contributed by atoms with Crippen LogP contribution in [0.25, 0.3) is 11.1 Å². The highest BCUT2D eigenvalue weighted by Crippen LogP contribution is 2.48. The molecular weight excluding hydrogens is 636 g/mol. The maximum atomic E-state index is 14.4. The fourth-order valence-corrected chi connectivity index (χ4v) is 9.75. The molecule has 2 aromatic rings. The molecule has 4 aliphatic rings. The van der Waals surface area contributed by atoms with Crippen LogP contribution in [0.3, 0.4) is 0 Å². The van der Waals surface area contributed by atoms with Crippen LogP contribution in [0.5, 0.6) is 0 Å². The molecule has 1 aliphatic carbocycles. The van der Waals surface area contributed by atoms with Gasteiger partial charge in [0.1, 0.15) is 0 Å². The summed E-state index contributed by atoms with van der Waals surface area (Å²) in [7, 11) is 0. The first-order chi connectivity index (χ1) is 24.8. The van der Waals surface area contributed by atoms with Crippen molar-refractivity contribution in [2.45, 2.75) is 117 Å². The van der Waals surface area contributed by atoms with Crippen LogP contribution in [-0.2, 0) is 20.8 Å². The van der Waals surface area contributed by atoms with Crippen LogP contribution in [0.2, 0.25) is 0 Å². The smallest absolute Gasteiger partial charge is 0.251 e. The van der Waals surface area contributed by atoms with Crippen LogP contribution in [0.4, 0.5) is 5.69 Å². The molecule has 0 bridgehead atoms. The molecule has 51 heavy (non-hydrogen) atoms. The molecule has 6 rings (SSSR count). The Morgan fingerprint density at radius 3 is 2.27 bits per heavy atom. The molecule has 2 amide bonds. The number of anilines is 1. The predicted molar refractivity (Wildman–Crippen MR) is 206 cm³/mol. The van der Waals surface area contributed by atoms with Gasteiger partial charge in [-0.05, 0) is 98.2 Å². The number of hydrogen-bond donors (Lipinski definition) is 2. The molecule has 2 N–H and O–H groups in total. The van der Waals surface area contributed by atoms with Crippen molar-refractivity contribution >= 4 is 17.5 Å². The van der Waals surface area contributed by atoms with Crippen LogP contribution in [-0.4, -0.2) is 81.4 Å². The summed E-state index contributed by atoms with van der Waals surface area (Å²) in [5.41, 5.74) is 6.30. The van der Waals surface area contributed by atoms with Gasteiger partial charge in [-0.2, -0.15) is 0 Å². The van der Waals surface area contributed by atoms with Crippen LogP contribution >= 0.6 is 0 Å². The molecule has 0 radical (unpaired) electrons. The quantitative estimate of drug-likeness (QED) is 0.282. The Morgan fingerprint density at radius 1 is 0.922 bits per heavy atom. The summed E-state index contributed by atoms with van der Waals surface area (Å²) in [4.78, 5) is 32.9. The zero-order valence-corrected chi connectivity index (χ0v) is 31.9. The van der Waals surface area contributed by atoms with E-state index in [2.05, 4.69) is 84.5 Å². The molecule has 3 saturated heterocycles. The fraction of sp³-hybridized carbons (Fsp3) is 0.674. The fourth-order valence-electron chi connectivity index (χ4n) is 9.75. The topological polar surface area (TPSA) is 83.1 Å². The Bertz CT molecular complexity index is 1460. The van der Waals surface area contributed by atoms with Crippen LogP contribution in [0.1, 0.15) is 113 Å². The lowest BCUT2D eigenvalue weighted by Crippen LogP contribution is -2.61. The number of carbonyl (C=O) groups is 2. The number of ether oxygens (including phenoxy) is 2. The van der Waals surface area contributed by atoms with Crippen molar-refractivity contribution in [1.82, 2.24) is 15.5 Å². The maximum Gasteiger partial charge on any atom is 0.251 e. The van der Waals surface area contributed by atoms with Crippen molar-refractivity contribution in [2.24, 2.45) is 17.3 Å². The number of amides is 2. The van der Waals surface area contributed by atoms with Gasteiger partial charge in [-0.15, -0.1) is 0 Å². The second kappa shape index (κ2) is 17.7. The average molecular weight is 701 g/mol. The molecule has 2 aromatic carbocycles. The van der Waals surface area contributed by atoms with E-state index in [9.17, 15) is 9.59 Å². The third-order valence-electron chi connectivity index (χ3n) is 13.0. The molecule has 3 atom stereocenters. The van der Waals surface area contributed by atoms with E-state index in [1.807, 2.05) is 0 Å². The molecule has 280 valence electrons. The van der Waals surface area contributed by atoms with Gasteiger partial charge in [0.2, 0.25) is 5.91 Å². The van der Waals surface area contributed by atoms with E-state index < -0.39 is 0 Å². The van der Waals surface area contributed by atoms with Gasteiger partial charge in [-0.25, -0.2) is 0 Å². The van der Waals surface area contributed by atoms with Crippen LogP contribution in [0.15, 0.2) is 36.4 Å². The minimum atomic E-state index is -0.248. The van der Waals surface area contributed by atoms with E-state index in [0.717, 1.165) is 101 Å². The van der Waals surface area contributed by atoms with Gasteiger partial charge in [0.05, 0.1) is 19.1 Å². The minimum Gasteiger partial charge on any atom is -0.381 e. The Kier molecular flexibility index (Phi) is 13.1. The number of nitrogens with zero attached hydrogens (tertiary/aromatic N) is 2. The molecular formula is C43H64N4O4. The summed E-state index contributed by atoms with van der Waals surface area (Å²) in [5, 5.41) is 6.70. The average Bonchev–Trinajstić information content (AvgIpc) is 3.15. The Balaban J connectivity index is 1.28. The minimum absolute atomic E-state index is 0.0707. The number of piperidine rings is 1. The standard InChI is InChI=1S/C43H64N4O4/c1-5-47(37-16-22-50-23-17-37)40-28-36(35-15-13-14-34(26-35)30-46-20-24-51-25-21-46)27-38(31(40)2)41(48)44-29-39-32(3)43(33(4)45-42(39)49)18-11-9-7-6-8-10-12-19-43/h13-15,26-28,32-33,37,39H,5-12,16-25,29-30H2,1-4H3,(H,44,48)(H,45,49). The van der Waals surface area contributed by atoms with E-state index in [1.54, 1.807) is 0 Å².